The zero-order valence-electron chi connectivity index (χ0n) is 4.83. The molecule has 0 aromatic carbocycles. The molecule has 1 N–H and O–H groups in total. The molecular formula is C4H7ClO3S. The first-order valence-corrected chi connectivity index (χ1v) is 4.20. The van der Waals surface area contributed by atoms with E-state index in [0.29, 0.717) is 0 Å². The standard InChI is InChI=1S/C4H7ClO3S/c1-2-4(5)3-9(6,7)8/h2H,3H2,1H3,(H,6,7,8). The first-order chi connectivity index (χ1) is 3.95. The molecule has 0 radical (unpaired) electrons. The van der Waals surface area contributed by atoms with Crippen molar-refractivity contribution in [2.24, 2.45) is 0 Å². The molecular weight excluding hydrogens is 164 g/mol. The van der Waals surface area contributed by atoms with Crippen LogP contribution in [0.15, 0.2) is 11.1 Å². The van der Waals surface area contributed by atoms with Gasteiger partial charge in [0.1, 0.15) is 5.75 Å². The second-order valence-corrected chi connectivity index (χ2v) is 3.40. The number of halogens is 1. The molecule has 0 rings (SSSR count). The maximum atomic E-state index is 10.0. The van der Waals surface area contributed by atoms with Crippen molar-refractivity contribution in [2.75, 3.05) is 5.75 Å². The first-order valence-electron chi connectivity index (χ1n) is 2.21. The van der Waals surface area contributed by atoms with E-state index in [0.717, 1.165) is 0 Å². The molecule has 0 atom stereocenters. The summed E-state index contributed by atoms with van der Waals surface area (Å²) in [5.74, 6) is -0.495. The highest BCUT2D eigenvalue weighted by atomic mass is 35.5. The van der Waals surface area contributed by atoms with Crippen LogP contribution in [-0.4, -0.2) is 18.7 Å². The van der Waals surface area contributed by atoms with Gasteiger partial charge in [0.2, 0.25) is 0 Å². The van der Waals surface area contributed by atoms with Crippen molar-refractivity contribution in [3.63, 3.8) is 0 Å². The quantitative estimate of drug-likeness (QED) is 0.630. The molecule has 0 aromatic rings. The number of hydrogen-bond donors (Lipinski definition) is 1. The van der Waals surface area contributed by atoms with Crippen LogP contribution >= 0.6 is 11.6 Å². The highest BCUT2D eigenvalue weighted by Crippen LogP contribution is 2.02. The lowest BCUT2D eigenvalue weighted by Gasteiger charge is -1.91. The normalized spacial score (nSPS) is 13.9. The van der Waals surface area contributed by atoms with Gasteiger partial charge in [-0.25, -0.2) is 0 Å². The molecule has 54 valence electrons. The fourth-order valence-electron chi connectivity index (χ4n) is 0.258. The summed E-state index contributed by atoms with van der Waals surface area (Å²) in [6.45, 7) is 1.59. The molecule has 9 heavy (non-hydrogen) atoms. The van der Waals surface area contributed by atoms with Gasteiger partial charge in [-0.3, -0.25) is 4.55 Å². The minimum Gasteiger partial charge on any atom is -0.285 e. The summed E-state index contributed by atoms with van der Waals surface area (Å²) in [4.78, 5) is 0. The van der Waals surface area contributed by atoms with Crippen LogP contribution in [0.3, 0.4) is 0 Å². The largest absolute Gasteiger partial charge is 0.285 e. The third kappa shape index (κ3) is 5.82. The van der Waals surface area contributed by atoms with Crippen LogP contribution in [-0.2, 0) is 10.1 Å². The minimum atomic E-state index is -3.94. The lowest BCUT2D eigenvalue weighted by Crippen LogP contribution is -2.02. The molecule has 0 spiro atoms. The molecule has 0 bridgehead atoms. The molecule has 5 heteroatoms. The SMILES string of the molecule is CC=C(Cl)CS(=O)(=O)O. The summed E-state index contributed by atoms with van der Waals surface area (Å²) in [6, 6.07) is 0. The van der Waals surface area contributed by atoms with Crippen molar-refractivity contribution in [1.82, 2.24) is 0 Å². The van der Waals surface area contributed by atoms with Crippen molar-refractivity contribution in [2.45, 2.75) is 6.92 Å². The van der Waals surface area contributed by atoms with Crippen LogP contribution in [0.2, 0.25) is 0 Å². The average Bonchev–Trinajstić information content (AvgIpc) is 1.62. The Morgan fingerprint density at radius 1 is 1.78 bits per heavy atom. The Hall–Kier alpha value is -0.0600. The predicted octanol–water partition coefficient (Wildman–Crippen LogP) is 1.02. The molecule has 0 aliphatic rings. The van der Waals surface area contributed by atoms with E-state index in [2.05, 4.69) is 0 Å². The summed E-state index contributed by atoms with van der Waals surface area (Å²) in [5, 5.41) is 0.123. The van der Waals surface area contributed by atoms with E-state index < -0.39 is 15.9 Å². The van der Waals surface area contributed by atoms with Crippen molar-refractivity contribution in [3.05, 3.63) is 11.1 Å². The molecule has 0 aromatic heterocycles. The van der Waals surface area contributed by atoms with Gasteiger partial charge in [0, 0.05) is 5.03 Å². The van der Waals surface area contributed by atoms with Gasteiger partial charge >= 0.3 is 0 Å². The second-order valence-electron chi connectivity index (χ2n) is 1.46. The smallest absolute Gasteiger partial charge is 0.269 e. The van der Waals surface area contributed by atoms with E-state index in [1.165, 1.54) is 6.08 Å². The zero-order valence-corrected chi connectivity index (χ0v) is 6.41. The number of rotatable bonds is 2. The predicted molar refractivity (Wildman–Crippen MR) is 36.0 cm³/mol. The minimum absolute atomic E-state index is 0.123. The lowest BCUT2D eigenvalue weighted by molar-refractivity contribution is 0.486. The van der Waals surface area contributed by atoms with Gasteiger partial charge in [-0.2, -0.15) is 8.42 Å². The van der Waals surface area contributed by atoms with Crippen molar-refractivity contribution < 1.29 is 13.0 Å². The van der Waals surface area contributed by atoms with Crippen LogP contribution in [0.1, 0.15) is 6.92 Å². The Morgan fingerprint density at radius 3 is 2.33 bits per heavy atom. The Morgan fingerprint density at radius 2 is 2.22 bits per heavy atom. The molecule has 0 aliphatic carbocycles. The summed E-state index contributed by atoms with van der Waals surface area (Å²) < 4.78 is 28.2. The maximum Gasteiger partial charge on any atom is 0.269 e. The van der Waals surface area contributed by atoms with Gasteiger partial charge < -0.3 is 0 Å². The Labute approximate surface area is 59.1 Å². The number of hydrogen-bond acceptors (Lipinski definition) is 2. The lowest BCUT2D eigenvalue weighted by atomic mass is 10.6. The van der Waals surface area contributed by atoms with Crippen molar-refractivity contribution >= 4 is 21.7 Å². The molecule has 0 saturated carbocycles. The van der Waals surface area contributed by atoms with Crippen molar-refractivity contribution in [3.8, 4) is 0 Å². The van der Waals surface area contributed by atoms with E-state index in [4.69, 9.17) is 16.2 Å². The number of allylic oxidation sites excluding steroid dienone is 1. The molecule has 0 unspecified atom stereocenters. The molecule has 0 heterocycles. The van der Waals surface area contributed by atoms with Crippen LogP contribution in [0, 0.1) is 0 Å². The van der Waals surface area contributed by atoms with Gasteiger partial charge in [0.15, 0.2) is 0 Å². The van der Waals surface area contributed by atoms with Gasteiger partial charge in [0.05, 0.1) is 0 Å². The summed E-state index contributed by atoms with van der Waals surface area (Å²) in [5.41, 5.74) is 0. The maximum absolute atomic E-state index is 10.0. The summed E-state index contributed by atoms with van der Waals surface area (Å²) >= 11 is 5.27. The van der Waals surface area contributed by atoms with Gasteiger partial charge in [0.25, 0.3) is 10.1 Å². The third-order valence-electron chi connectivity index (χ3n) is 0.634. The van der Waals surface area contributed by atoms with Crippen LogP contribution in [0.25, 0.3) is 0 Å². The molecule has 3 nitrogen and oxygen atoms in total. The van der Waals surface area contributed by atoms with Crippen molar-refractivity contribution in [1.29, 1.82) is 0 Å². The van der Waals surface area contributed by atoms with Crippen LogP contribution in [0.4, 0.5) is 0 Å². The Bertz CT molecular complexity index is 204. The molecule has 0 amide bonds. The van der Waals surface area contributed by atoms with Crippen LogP contribution in [0.5, 0.6) is 0 Å². The second kappa shape index (κ2) is 3.20. The van der Waals surface area contributed by atoms with E-state index in [9.17, 15) is 8.42 Å². The van der Waals surface area contributed by atoms with E-state index in [1.807, 2.05) is 0 Å². The molecule has 0 aliphatic heterocycles. The molecule has 0 fully saturated rings. The Kier molecular flexibility index (Phi) is 3.17. The topological polar surface area (TPSA) is 54.4 Å². The third-order valence-corrected chi connectivity index (χ3v) is 1.82. The highest BCUT2D eigenvalue weighted by molar-refractivity contribution is 7.86. The van der Waals surface area contributed by atoms with Gasteiger partial charge in [-0.15, -0.1) is 0 Å². The first kappa shape index (κ1) is 8.94. The fraction of sp³-hybridized carbons (Fsp3) is 0.500. The van der Waals surface area contributed by atoms with Gasteiger partial charge in [-0.1, -0.05) is 17.7 Å². The molecule has 0 saturated heterocycles. The Balaban J connectivity index is 4.07. The van der Waals surface area contributed by atoms with E-state index >= 15 is 0 Å². The van der Waals surface area contributed by atoms with Crippen LogP contribution < -0.4 is 0 Å². The van der Waals surface area contributed by atoms with Gasteiger partial charge in [-0.05, 0) is 6.92 Å². The fourth-order valence-corrected chi connectivity index (χ4v) is 1.19. The monoisotopic (exact) mass is 170 g/mol. The average molecular weight is 171 g/mol. The zero-order chi connectivity index (χ0) is 7.49. The highest BCUT2D eigenvalue weighted by Gasteiger charge is 2.04. The summed E-state index contributed by atoms with van der Waals surface area (Å²) in [6.07, 6.45) is 1.41. The summed E-state index contributed by atoms with van der Waals surface area (Å²) in [7, 11) is -3.94. The van der Waals surface area contributed by atoms with E-state index in [-0.39, 0.29) is 5.03 Å². The van der Waals surface area contributed by atoms with E-state index in [1.54, 1.807) is 6.92 Å².